The van der Waals surface area contributed by atoms with E-state index in [9.17, 15) is 4.79 Å². The summed E-state index contributed by atoms with van der Waals surface area (Å²) in [5.41, 5.74) is 1.78. The Morgan fingerprint density at radius 1 is 1.42 bits per heavy atom. The minimum atomic E-state index is -0.00159. The molecule has 0 spiro atoms. The Morgan fingerprint density at radius 3 is 3.05 bits per heavy atom. The molecular weight excluding hydrogens is 260 g/mol. The molecule has 2 rings (SSSR count). The highest BCUT2D eigenvalue weighted by Gasteiger charge is 2.08. The lowest BCUT2D eigenvalue weighted by Gasteiger charge is -2.02. The average Bonchev–Trinajstić information content (AvgIpc) is 2.88. The van der Waals surface area contributed by atoms with Gasteiger partial charge in [0, 0.05) is 36.4 Å². The fourth-order valence-corrected chi connectivity index (χ4v) is 2.37. The second kappa shape index (κ2) is 6.96. The maximum absolute atomic E-state index is 11.6. The first-order chi connectivity index (χ1) is 9.29. The summed E-state index contributed by atoms with van der Waals surface area (Å²) in [5.74, 6) is -0.00159. The summed E-state index contributed by atoms with van der Waals surface area (Å²) >= 11 is 1.53. The highest BCUT2D eigenvalue weighted by atomic mass is 32.1. The number of thiazole rings is 1. The minimum Gasteiger partial charge on any atom is -0.354 e. The lowest BCUT2D eigenvalue weighted by atomic mass is 10.3. The first-order valence-electron chi connectivity index (χ1n) is 6.05. The summed E-state index contributed by atoms with van der Waals surface area (Å²) in [6.07, 6.45) is 3.82. The van der Waals surface area contributed by atoms with Gasteiger partial charge < -0.3 is 10.6 Å². The Kier molecular flexibility index (Phi) is 5.00. The molecule has 100 valence electrons. The number of likely N-dealkylation sites (N-methyl/N-ethyl adjacent to an activating group) is 1. The molecule has 0 fully saturated rings. The van der Waals surface area contributed by atoms with Crippen molar-refractivity contribution in [2.45, 2.75) is 6.42 Å². The third kappa shape index (κ3) is 4.11. The summed E-state index contributed by atoms with van der Waals surface area (Å²) in [6.45, 7) is 1.40. The SMILES string of the molecule is CNCCNC(=O)Cc1csc(-c2cccnc2)n1. The van der Waals surface area contributed by atoms with Crippen molar-refractivity contribution in [2.75, 3.05) is 20.1 Å². The number of nitrogens with zero attached hydrogens (tertiary/aromatic N) is 2. The van der Waals surface area contributed by atoms with Crippen LogP contribution in [0.2, 0.25) is 0 Å². The van der Waals surface area contributed by atoms with E-state index >= 15 is 0 Å². The van der Waals surface area contributed by atoms with Crippen LogP contribution in [0.15, 0.2) is 29.9 Å². The van der Waals surface area contributed by atoms with E-state index in [2.05, 4.69) is 20.6 Å². The van der Waals surface area contributed by atoms with Crippen LogP contribution >= 0.6 is 11.3 Å². The summed E-state index contributed by atoms with van der Waals surface area (Å²) in [6, 6.07) is 3.84. The molecule has 6 heteroatoms. The number of pyridine rings is 1. The molecule has 2 aromatic rings. The summed E-state index contributed by atoms with van der Waals surface area (Å²) in [5, 5.41) is 8.62. The van der Waals surface area contributed by atoms with Crippen molar-refractivity contribution < 1.29 is 4.79 Å². The Balaban J connectivity index is 1.93. The van der Waals surface area contributed by atoms with E-state index in [1.54, 1.807) is 12.4 Å². The first-order valence-corrected chi connectivity index (χ1v) is 6.93. The van der Waals surface area contributed by atoms with Gasteiger partial charge in [-0.05, 0) is 19.2 Å². The predicted octanol–water partition coefficient (Wildman–Crippen LogP) is 1.08. The van der Waals surface area contributed by atoms with Crippen molar-refractivity contribution in [3.8, 4) is 10.6 Å². The number of carbonyl (C=O) groups excluding carboxylic acids is 1. The van der Waals surface area contributed by atoms with Crippen LogP contribution in [0.25, 0.3) is 10.6 Å². The molecule has 0 saturated carbocycles. The summed E-state index contributed by atoms with van der Waals surface area (Å²) in [7, 11) is 1.85. The Morgan fingerprint density at radius 2 is 2.32 bits per heavy atom. The van der Waals surface area contributed by atoms with Gasteiger partial charge in [0.05, 0.1) is 12.1 Å². The van der Waals surface area contributed by atoms with Gasteiger partial charge in [0.25, 0.3) is 0 Å². The lowest BCUT2D eigenvalue weighted by molar-refractivity contribution is -0.120. The van der Waals surface area contributed by atoms with E-state index < -0.39 is 0 Å². The Hall–Kier alpha value is -1.79. The minimum absolute atomic E-state index is 0.00159. The van der Waals surface area contributed by atoms with Crippen molar-refractivity contribution in [1.29, 1.82) is 0 Å². The number of nitrogens with one attached hydrogen (secondary N) is 2. The molecular formula is C13H16N4OS. The molecule has 1 amide bonds. The molecule has 0 aliphatic carbocycles. The van der Waals surface area contributed by atoms with Crippen LogP contribution < -0.4 is 10.6 Å². The van der Waals surface area contributed by atoms with Crippen LogP contribution in [0, 0.1) is 0 Å². The third-order valence-corrected chi connectivity index (χ3v) is 3.44. The summed E-state index contributed by atoms with van der Waals surface area (Å²) < 4.78 is 0. The second-order valence-electron chi connectivity index (χ2n) is 4.02. The van der Waals surface area contributed by atoms with Crippen molar-refractivity contribution >= 4 is 17.2 Å². The topological polar surface area (TPSA) is 66.9 Å². The van der Waals surface area contributed by atoms with Crippen molar-refractivity contribution in [3.05, 3.63) is 35.6 Å². The smallest absolute Gasteiger partial charge is 0.226 e. The van der Waals surface area contributed by atoms with Gasteiger partial charge in [-0.25, -0.2) is 4.98 Å². The molecule has 0 bridgehead atoms. The fraction of sp³-hybridized carbons (Fsp3) is 0.308. The van der Waals surface area contributed by atoms with Crippen molar-refractivity contribution in [2.24, 2.45) is 0 Å². The van der Waals surface area contributed by atoms with Gasteiger partial charge in [0.2, 0.25) is 5.91 Å². The molecule has 5 nitrogen and oxygen atoms in total. The molecule has 0 aliphatic heterocycles. The molecule has 0 atom stereocenters. The van der Waals surface area contributed by atoms with Gasteiger partial charge in [-0.1, -0.05) is 0 Å². The zero-order chi connectivity index (χ0) is 13.5. The fourth-order valence-electron chi connectivity index (χ4n) is 1.56. The van der Waals surface area contributed by atoms with E-state index in [0.717, 1.165) is 22.8 Å². The maximum Gasteiger partial charge on any atom is 0.226 e. The lowest BCUT2D eigenvalue weighted by Crippen LogP contribution is -2.31. The largest absolute Gasteiger partial charge is 0.354 e. The van der Waals surface area contributed by atoms with Crippen LogP contribution in [-0.2, 0) is 11.2 Å². The number of aromatic nitrogens is 2. The molecule has 19 heavy (non-hydrogen) atoms. The number of rotatable bonds is 6. The van der Waals surface area contributed by atoms with Crippen LogP contribution in [-0.4, -0.2) is 36.0 Å². The van der Waals surface area contributed by atoms with E-state index in [4.69, 9.17) is 0 Å². The second-order valence-corrected chi connectivity index (χ2v) is 4.87. The van der Waals surface area contributed by atoms with Gasteiger partial charge in [-0.15, -0.1) is 11.3 Å². The van der Waals surface area contributed by atoms with Crippen LogP contribution in [0.3, 0.4) is 0 Å². The third-order valence-electron chi connectivity index (χ3n) is 2.50. The number of hydrogen-bond donors (Lipinski definition) is 2. The quantitative estimate of drug-likeness (QED) is 0.775. The van der Waals surface area contributed by atoms with Crippen LogP contribution in [0.1, 0.15) is 5.69 Å². The van der Waals surface area contributed by atoms with E-state index in [1.165, 1.54) is 11.3 Å². The normalized spacial score (nSPS) is 10.4. The van der Waals surface area contributed by atoms with Gasteiger partial charge in [0.15, 0.2) is 0 Å². The van der Waals surface area contributed by atoms with Gasteiger partial charge in [-0.2, -0.15) is 0 Å². The monoisotopic (exact) mass is 276 g/mol. The van der Waals surface area contributed by atoms with Crippen LogP contribution in [0.4, 0.5) is 0 Å². The van der Waals surface area contributed by atoms with Crippen molar-refractivity contribution in [3.63, 3.8) is 0 Å². The van der Waals surface area contributed by atoms with Gasteiger partial charge >= 0.3 is 0 Å². The average molecular weight is 276 g/mol. The molecule has 2 N–H and O–H groups in total. The highest BCUT2D eigenvalue weighted by molar-refractivity contribution is 7.13. The van der Waals surface area contributed by atoms with Gasteiger partial charge in [-0.3, -0.25) is 9.78 Å². The molecule has 0 unspecified atom stereocenters. The molecule has 2 aromatic heterocycles. The van der Waals surface area contributed by atoms with E-state index in [0.29, 0.717) is 13.0 Å². The zero-order valence-corrected chi connectivity index (χ0v) is 11.5. The van der Waals surface area contributed by atoms with E-state index in [1.807, 2.05) is 24.6 Å². The maximum atomic E-state index is 11.6. The molecule has 0 radical (unpaired) electrons. The zero-order valence-electron chi connectivity index (χ0n) is 10.7. The molecule has 0 aromatic carbocycles. The first kappa shape index (κ1) is 13.6. The summed E-state index contributed by atoms with van der Waals surface area (Å²) in [4.78, 5) is 20.2. The predicted molar refractivity (Wildman–Crippen MR) is 76.0 cm³/mol. The number of hydrogen-bond acceptors (Lipinski definition) is 5. The number of carbonyl (C=O) groups is 1. The van der Waals surface area contributed by atoms with Crippen molar-refractivity contribution in [1.82, 2.24) is 20.6 Å². The van der Waals surface area contributed by atoms with Gasteiger partial charge in [0.1, 0.15) is 5.01 Å². The van der Waals surface area contributed by atoms with Crippen LogP contribution in [0.5, 0.6) is 0 Å². The molecule has 0 saturated heterocycles. The Labute approximate surface area is 116 Å². The Bertz CT molecular complexity index is 526. The highest BCUT2D eigenvalue weighted by Crippen LogP contribution is 2.22. The number of amides is 1. The molecule has 0 aliphatic rings. The van der Waals surface area contributed by atoms with E-state index in [-0.39, 0.29) is 5.91 Å². The molecule has 2 heterocycles. The standard InChI is InChI=1S/C13H16N4OS/c1-14-5-6-16-12(18)7-11-9-19-13(17-11)10-3-2-4-15-8-10/h2-4,8-9,14H,5-7H2,1H3,(H,16,18).